The Morgan fingerprint density at radius 1 is 1.26 bits per heavy atom. The summed E-state index contributed by atoms with van der Waals surface area (Å²) in [6, 6.07) is -1.07. The van der Waals surface area contributed by atoms with Crippen molar-refractivity contribution in [3.63, 3.8) is 0 Å². The molecule has 3 rings (SSSR count). The number of hydrogen-bond donors (Lipinski definition) is 4. The molecule has 2 aliphatic rings. The van der Waals surface area contributed by atoms with E-state index in [0.29, 0.717) is 4.91 Å². The van der Waals surface area contributed by atoms with Crippen molar-refractivity contribution in [1.29, 1.82) is 0 Å². The summed E-state index contributed by atoms with van der Waals surface area (Å²) in [6.07, 6.45) is -3.95. The van der Waals surface area contributed by atoms with E-state index in [1.165, 1.54) is 26.5 Å². The lowest BCUT2D eigenvalue weighted by Crippen LogP contribution is -2.70. The Morgan fingerprint density at radius 2 is 1.87 bits per heavy atom. The molecule has 0 saturated carbocycles. The first-order valence-electron chi connectivity index (χ1n) is 9.81. The van der Waals surface area contributed by atoms with E-state index in [1.54, 1.807) is 0 Å². The molecule has 0 bridgehead atoms. The zero-order valence-corrected chi connectivity index (χ0v) is 21.1. The van der Waals surface area contributed by atoms with Crippen molar-refractivity contribution in [1.82, 2.24) is 15.2 Å². The van der Waals surface area contributed by atoms with Gasteiger partial charge in [-0.1, -0.05) is 16.9 Å². The molecule has 0 aromatic carbocycles. The summed E-state index contributed by atoms with van der Waals surface area (Å²) < 4.78 is 36.3. The highest BCUT2D eigenvalue weighted by Crippen LogP contribution is 2.46. The quantitative estimate of drug-likeness (QED) is 0.119. The number of nitrogens with zero attached hydrogens (tertiary/aromatic N) is 3. The lowest BCUT2D eigenvalue weighted by molar-refractivity contribution is -0.192. The Balaban J connectivity index is 0.000000638. The molecule has 0 radical (unpaired) electrons. The van der Waals surface area contributed by atoms with Crippen LogP contribution in [0, 0.1) is 0 Å². The van der Waals surface area contributed by atoms with Gasteiger partial charge in [0.1, 0.15) is 29.9 Å². The third kappa shape index (κ3) is 6.59. The maximum Gasteiger partial charge on any atom is 0.490 e. The molecule has 14 nitrogen and oxygen atoms in total. The lowest BCUT2D eigenvalue weighted by atomic mass is 10.0. The number of fused-ring (bicyclic) bond motifs is 1. The Morgan fingerprint density at radius 3 is 2.32 bits per heavy atom. The van der Waals surface area contributed by atoms with E-state index in [-0.39, 0.29) is 27.8 Å². The molecule has 19 heteroatoms. The lowest BCUT2D eigenvalue weighted by Gasteiger charge is -2.49. The van der Waals surface area contributed by atoms with E-state index in [0.717, 1.165) is 34.1 Å². The number of oxime groups is 1. The van der Waals surface area contributed by atoms with Gasteiger partial charge < -0.3 is 30.8 Å². The molecule has 2 unspecified atom stereocenters. The summed E-state index contributed by atoms with van der Waals surface area (Å²) in [7, 11) is 2.43. The van der Waals surface area contributed by atoms with Crippen LogP contribution in [-0.4, -0.2) is 87.3 Å². The number of nitrogens with two attached hydrogens (primary N) is 1. The number of methoxy groups -OCH3 is 1. The fraction of sp³-hybridized carbons (Fsp3) is 0.316. The number of nitrogen functional groups attached to an aromatic ring is 1. The van der Waals surface area contributed by atoms with Crippen LogP contribution in [0.15, 0.2) is 32.8 Å². The van der Waals surface area contributed by atoms with E-state index in [4.69, 9.17) is 20.5 Å². The standard InChI is InChI=1S/C17H17N5O7S2.C2HF3O2/c1-6-8(4-9(23)28-2)31-15-11(14(25)22(15)12(6)16(26)27)20-13(24)10(21-29-3)7-5-30-17(18)19-7;3-2(4,5)1(6)7/h4-5,11,15H,1-3H3,(H2,18,19)(H,20,24)(H,26,27);(H,6,7)/b8-4-,21-10+;. The van der Waals surface area contributed by atoms with Gasteiger partial charge in [-0.05, 0) is 12.5 Å². The van der Waals surface area contributed by atoms with Crippen LogP contribution in [0.25, 0.3) is 0 Å². The number of β-lactam (4-membered cyclic amide) rings is 1. The highest BCUT2D eigenvalue weighted by atomic mass is 32.2. The number of carbonyl (C=O) groups excluding carboxylic acids is 3. The smallest absolute Gasteiger partial charge is 0.477 e. The Kier molecular flexibility index (Phi) is 9.46. The third-order valence-electron chi connectivity index (χ3n) is 4.60. The summed E-state index contributed by atoms with van der Waals surface area (Å²) >= 11 is 2.15. The minimum Gasteiger partial charge on any atom is -0.477 e. The Bertz CT molecular complexity index is 1260. The average Bonchev–Trinajstić information content (AvgIpc) is 3.26. The molecule has 1 fully saturated rings. The number of thioether (sulfide) groups is 1. The van der Waals surface area contributed by atoms with Crippen LogP contribution in [0.1, 0.15) is 12.6 Å². The van der Waals surface area contributed by atoms with Gasteiger partial charge in [-0.3, -0.25) is 14.5 Å². The average molecular weight is 582 g/mol. The van der Waals surface area contributed by atoms with Crippen LogP contribution in [-0.2, 0) is 33.5 Å². The van der Waals surface area contributed by atoms with Crippen molar-refractivity contribution in [2.24, 2.45) is 5.16 Å². The first-order chi connectivity index (χ1) is 17.6. The highest BCUT2D eigenvalue weighted by Gasteiger charge is 2.55. The number of allylic oxidation sites excluding steroid dienone is 1. The number of carbonyl (C=O) groups is 5. The number of ether oxygens (including phenoxy) is 1. The maximum atomic E-state index is 12.8. The van der Waals surface area contributed by atoms with Crippen molar-refractivity contribution >= 4 is 63.7 Å². The van der Waals surface area contributed by atoms with Crippen molar-refractivity contribution < 1.29 is 56.9 Å². The summed E-state index contributed by atoms with van der Waals surface area (Å²) in [6.45, 7) is 1.48. The number of aromatic nitrogens is 1. The van der Waals surface area contributed by atoms with E-state index < -0.39 is 47.3 Å². The van der Waals surface area contributed by atoms with Crippen LogP contribution in [0.2, 0.25) is 0 Å². The number of amides is 2. The maximum absolute atomic E-state index is 12.8. The number of anilines is 1. The second-order valence-electron chi connectivity index (χ2n) is 6.97. The van der Waals surface area contributed by atoms with Gasteiger partial charge >= 0.3 is 24.1 Å². The van der Waals surface area contributed by atoms with Gasteiger partial charge in [0, 0.05) is 16.4 Å². The van der Waals surface area contributed by atoms with Crippen molar-refractivity contribution in [3.05, 3.63) is 33.3 Å². The molecule has 3 heterocycles. The largest absolute Gasteiger partial charge is 0.490 e. The molecular weight excluding hydrogens is 563 g/mol. The number of esters is 1. The second kappa shape index (κ2) is 11.9. The molecule has 1 saturated heterocycles. The molecule has 2 aliphatic heterocycles. The minimum atomic E-state index is -5.08. The van der Waals surface area contributed by atoms with Crippen molar-refractivity contribution in [2.45, 2.75) is 24.5 Å². The van der Waals surface area contributed by atoms with Gasteiger partial charge in [0.15, 0.2) is 10.8 Å². The molecular formula is C19H18F3N5O9S2. The van der Waals surface area contributed by atoms with Gasteiger partial charge in [-0.2, -0.15) is 13.2 Å². The third-order valence-corrected chi connectivity index (χ3v) is 6.68. The SMILES string of the molecule is CO/N=C(/C(=O)NC1C(=O)N2C(C(=O)O)=C(C)/C(=C/C(=O)OC)SC12)c1csc(N)n1.O=C(O)C(F)(F)F. The number of aliphatic carboxylic acids is 2. The predicted molar refractivity (Wildman–Crippen MR) is 124 cm³/mol. The van der Waals surface area contributed by atoms with Crippen LogP contribution >= 0.6 is 23.1 Å². The normalized spacial score (nSPS) is 20.1. The van der Waals surface area contributed by atoms with Crippen molar-refractivity contribution in [2.75, 3.05) is 20.0 Å². The second-order valence-corrected chi connectivity index (χ2v) is 9.02. The first kappa shape index (κ1) is 30.1. The number of halogens is 3. The highest BCUT2D eigenvalue weighted by molar-refractivity contribution is 8.04. The Hall–Kier alpha value is -4.13. The van der Waals surface area contributed by atoms with Gasteiger partial charge in [-0.15, -0.1) is 11.3 Å². The first-order valence-corrected chi connectivity index (χ1v) is 11.6. The molecule has 5 N–H and O–H groups in total. The molecule has 1 aromatic heterocycles. The van der Waals surface area contributed by atoms with Gasteiger partial charge in [0.2, 0.25) is 0 Å². The molecule has 206 valence electrons. The van der Waals surface area contributed by atoms with E-state index in [9.17, 15) is 37.5 Å². The molecule has 2 amide bonds. The van der Waals surface area contributed by atoms with Crippen LogP contribution in [0.4, 0.5) is 18.3 Å². The van der Waals surface area contributed by atoms with Gasteiger partial charge in [-0.25, -0.2) is 19.4 Å². The fourth-order valence-electron chi connectivity index (χ4n) is 2.94. The van der Waals surface area contributed by atoms with Gasteiger partial charge in [0.05, 0.1) is 7.11 Å². The molecule has 0 spiro atoms. The van der Waals surface area contributed by atoms with E-state index >= 15 is 0 Å². The van der Waals surface area contributed by atoms with E-state index in [2.05, 4.69) is 20.2 Å². The summed E-state index contributed by atoms with van der Waals surface area (Å²) in [5.74, 6) is -6.15. The number of alkyl halides is 3. The molecule has 0 aliphatic carbocycles. The number of nitrogens with one attached hydrogen (secondary N) is 1. The molecule has 2 atom stereocenters. The topological polar surface area (TPSA) is 211 Å². The Labute approximate surface area is 218 Å². The van der Waals surface area contributed by atoms with E-state index in [1.807, 2.05) is 0 Å². The molecule has 1 aromatic rings. The number of hydrogen-bond acceptors (Lipinski definition) is 12. The number of rotatable bonds is 6. The van der Waals surface area contributed by atoms with Crippen LogP contribution < -0.4 is 11.1 Å². The zero-order valence-electron chi connectivity index (χ0n) is 19.4. The minimum absolute atomic E-state index is 0.162. The predicted octanol–water partition coefficient (Wildman–Crippen LogP) is 0.524. The number of thiazole rings is 1. The van der Waals surface area contributed by atoms with Gasteiger partial charge in [0.25, 0.3) is 11.8 Å². The monoisotopic (exact) mass is 581 g/mol. The van der Waals surface area contributed by atoms with Crippen LogP contribution in [0.3, 0.4) is 0 Å². The molecule has 38 heavy (non-hydrogen) atoms. The summed E-state index contributed by atoms with van der Waals surface area (Å²) in [4.78, 5) is 67.8. The summed E-state index contributed by atoms with van der Waals surface area (Å²) in [5.41, 5.74) is 5.52. The number of carboxylic acids is 2. The number of carboxylic acid groups (broad SMARTS) is 2. The summed E-state index contributed by atoms with van der Waals surface area (Å²) in [5, 5.41) is 23.8. The van der Waals surface area contributed by atoms with Crippen LogP contribution in [0.5, 0.6) is 0 Å². The zero-order chi connectivity index (χ0) is 28.9. The van der Waals surface area contributed by atoms with Crippen molar-refractivity contribution in [3.8, 4) is 0 Å². The fourth-order valence-corrected chi connectivity index (χ4v) is 4.83.